The Morgan fingerprint density at radius 1 is 0.804 bits per heavy atom. The Morgan fingerprint density at radius 2 is 1.48 bits per heavy atom. The normalized spacial score (nSPS) is 34.2. The first kappa shape index (κ1) is 33.3. The highest BCUT2D eigenvalue weighted by atomic mass is 16.7. The third-order valence-corrected chi connectivity index (χ3v) is 7.72. The van der Waals surface area contributed by atoms with Gasteiger partial charge in [0.15, 0.2) is 35.7 Å². The lowest BCUT2D eigenvalue weighted by atomic mass is 9.98. The van der Waals surface area contributed by atoms with Crippen molar-refractivity contribution in [2.45, 2.75) is 81.4 Å². The third-order valence-electron chi connectivity index (χ3n) is 7.72. The van der Waals surface area contributed by atoms with Gasteiger partial charge >= 0.3 is 5.97 Å². The van der Waals surface area contributed by atoms with Gasteiger partial charge in [0.2, 0.25) is 6.29 Å². The smallest absolute Gasteiger partial charge is 0.303 e. The van der Waals surface area contributed by atoms with Crippen molar-refractivity contribution in [3.05, 3.63) is 41.2 Å². The number of hydrogen-bond acceptors (Lipinski definition) is 17. The number of phenolic OH excluding ortho intramolecular Hbond substituents is 5. The first-order valence-electron chi connectivity index (χ1n) is 14.0. The van der Waals surface area contributed by atoms with Crippen LogP contribution >= 0.6 is 0 Å². The van der Waals surface area contributed by atoms with Crippen LogP contribution in [-0.2, 0) is 28.5 Å². The van der Waals surface area contributed by atoms with Gasteiger partial charge in [-0.2, -0.15) is 0 Å². The lowest BCUT2D eigenvalue weighted by Gasteiger charge is -2.43. The summed E-state index contributed by atoms with van der Waals surface area (Å²) in [6.07, 6.45) is -15.7. The Hall–Kier alpha value is -4.07. The number of aromatic hydroxyl groups is 5. The van der Waals surface area contributed by atoms with E-state index in [4.69, 9.17) is 28.4 Å². The first-order chi connectivity index (χ1) is 21.7. The summed E-state index contributed by atoms with van der Waals surface area (Å²) in [5.74, 6) is -4.14. The molecule has 0 amide bonds. The molecular weight excluding hydrogens is 620 g/mol. The monoisotopic (exact) mass is 654 g/mol. The van der Waals surface area contributed by atoms with Crippen LogP contribution in [0.1, 0.15) is 31.1 Å². The highest BCUT2D eigenvalue weighted by molar-refractivity contribution is 5.70. The highest BCUT2D eigenvalue weighted by Crippen LogP contribution is 2.47. The maximum absolute atomic E-state index is 11.6. The minimum Gasteiger partial charge on any atom is -0.508 e. The standard InChI is InChI=1S/C29H34O17/c1-9-20(35)24(39)27(43-10(2)30)29(42-9)41-8-19-22(37)23(38)25(40)28(46-19)45-18-7-13-14(32)5-12(31)6-17(13)44-26(18)11-3-15(33)21(36)16(34)4-11/h3-7,9,19-20,22-29,31-40H,8H2,1-2H3. The zero-order chi connectivity index (χ0) is 33.6. The number of hydrogen-bond donors (Lipinski definition) is 10. The average molecular weight is 655 g/mol. The quantitative estimate of drug-likeness (QED) is 0.126. The number of ether oxygens (including phenoxy) is 6. The van der Waals surface area contributed by atoms with Crippen molar-refractivity contribution in [1.82, 2.24) is 0 Å². The van der Waals surface area contributed by atoms with Crippen molar-refractivity contribution in [3.8, 4) is 34.5 Å². The molecule has 252 valence electrons. The number of benzene rings is 2. The van der Waals surface area contributed by atoms with E-state index < -0.39 is 103 Å². The summed E-state index contributed by atoms with van der Waals surface area (Å²) in [7, 11) is 0. The largest absolute Gasteiger partial charge is 0.508 e. The van der Waals surface area contributed by atoms with Crippen LogP contribution in [0.4, 0.5) is 0 Å². The fourth-order valence-corrected chi connectivity index (χ4v) is 5.28. The Bertz CT molecular complexity index is 1450. The maximum Gasteiger partial charge on any atom is 0.303 e. The minimum absolute atomic E-state index is 0.000811. The van der Waals surface area contributed by atoms with Gasteiger partial charge in [-0.3, -0.25) is 4.79 Å². The van der Waals surface area contributed by atoms with Crippen molar-refractivity contribution < 1.29 is 84.3 Å². The molecule has 0 spiro atoms. The van der Waals surface area contributed by atoms with Crippen LogP contribution in [0.25, 0.3) is 6.08 Å². The average Bonchev–Trinajstić information content (AvgIpc) is 2.99. The zero-order valence-corrected chi connectivity index (χ0v) is 24.3. The second-order valence-corrected chi connectivity index (χ2v) is 11.1. The summed E-state index contributed by atoms with van der Waals surface area (Å²) in [4.78, 5) is 11.6. The van der Waals surface area contributed by atoms with Gasteiger partial charge in [0.25, 0.3) is 0 Å². The number of aliphatic hydroxyl groups is 5. The fourth-order valence-electron chi connectivity index (χ4n) is 5.28. The number of esters is 1. The second-order valence-electron chi connectivity index (χ2n) is 11.1. The van der Waals surface area contributed by atoms with E-state index in [1.54, 1.807) is 0 Å². The molecular formula is C29H34O17. The Balaban J connectivity index is 1.41. The number of fused-ring (bicyclic) bond motifs is 1. The lowest BCUT2D eigenvalue weighted by molar-refractivity contribution is -0.325. The molecule has 17 nitrogen and oxygen atoms in total. The van der Waals surface area contributed by atoms with Crippen LogP contribution in [0.2, 0.25) is 0 Å². The summed E-state index contributed by atoms with van der Waals surface area (Å²) in [5, 5.41) is 103. The van der Waals surface area contributed by atoms with E-state index in [1.165, 1.54) is 19.1 Å². The predicted octanol–water partition coefficient (Wildman–Crippen LogP) is -1.07. The van der Waals surface area contributed by atoms with Gasteiger partial charge in [0.1, 0.15) is 59.6 Å². The number of rotatable bonds is 7. The third kappa shape index (κ3) is 6.44. The molecule has 46 heavy (non-hydrogen) atoms. The lowest BCUT2D eigenvalue weighted by Crippen LogP contribution is -2.61. The van der Waals surface area contributed by atoms with E-state index >= 15 is 0 Å². The van der Waals surface area contributed by atoms with Gasteiger partial charge in [-0.1, -0.05) is 0 Å². The van der Waals surface area contributed by atoms with E-state index in [0.717, 1.165) is 25.1 Å². The summed E-state index contributed by atoms with van der Waals surface area (Å²) in [5.41, 5.74) is 0.0157. The molecule has 3 heterocycles. The van der Waals surface area contributed by atoms with Gasteiger partial charge < -0.3 is 79.5 Å². The van der Waals surface area contributed by atoms with Crippen LogP contribution in [0, 0.1) is 0 Å². The van der Waals surface area contributed by atoms with Crippen LogP contribution in [0.5, 0.6) is 34.5 Å². The molecule has 11 unspecified atom stereocenters. The molecule has 2 saturated heterocycles. The molecule has 3 aliphatic heterocycles. The second kappa shape index (κ2) is 13.0. The molecule has 0 aromatic heterocycles. The van der Waals surface area contributed by atoms with Crippen LogP contribution < -0.4 is 4.74 Å². The fraction of sp³-hybridized carbons (Fsp3) is 0.483. The highest BCUT2D eigenvalue weighted by Gasteiger charge is 2.49. The molecule has 2 aromatic rings. The maximum atomic E-state index is 11.6. The molecule has 11 atom stereocenters. The van der Waals surface area contributed by atoms with Crippen LogP contribution in [0.15, 0.2) is 30.0 Å². The van der Waals surface area contributed by atoms with Crippen molar-refractivity contribution >= 4 is 12.0 Å². The molecule has 3 aliphatic rings. The van der Waals surface area contributed by atoms with Gasteiger partial charge in [0.05, 0.1) is 18.3 Å². The topological polar surface area (TPSA) is 275 Å². The van der Waals surface area contributed by atoms with E-state index in [0.29, 0.717) is 0 Å². The van der Waals surface area contributed by atoms with E-state index in [9.17, 15) is 55.9 Å². The zero-order valence-electron chi connectivity index (χ0n) is 24.3. The molecule has 0 bridgehead atoms. The summed E-state index contributed by atoms with van der Waals surface area (Å²) in [6, 6.07) is 4.26. The molecule has 0 saturated carbocycles. The van der Waals surface area contributed by atoms with Crippen LogP contribution in [0.3, 0.4) is 0 Å². The number of phenols is 5. The molecule has 5 rings (SSSR count). The molecule has 2 aromatic carbocycles. The predicted molar refractivity (Wildman–Crippen MR) is 148 cm³/mol. The van der Waals surface area contributed by atoms with E-state index in [1.807, 2.05) is 0 Å². The van der Waals surface area contributed by atoms with E-state index in [-0.39, 0.29) is 28.4 Å². The molecule has 10 N–H and O–H groups in total. The number of carbonyl (C=O) groups excluding carboxylic acids is 1. The molecule has 2 fully saturated rings. The van der Waals surface area contributed by atoms with Gasteiger partial charge in [-0.25, -0.2) is 0 Å². The van der Waals surface area contributed by atoms with Gasteiger partial charge in [-0.15, -0.1) is 0 Å². The Kier molecular flexibility index (Phi) is 9.39. The Morgan fingerprint density at radius 3 is 2.13 bits per heavy atom. The van der Waals surface area contributed by atoms with Crippen molar-refractivity contribution in [2.75, 3.05) is 6.61 Å². The van der Waals surface area contributed by atoms with Gasteiger partial charge in [-0.05, 0) is 25.1 Å². The van der Waals surface area contributed by atoms with Crippen molar-refractivity contribution in [3.63, 3.8) is 0 Å². The molecule has 0 radical (unpaired) electrons. The molecule has 0 aliphatic carbocycles. The summed E-state index contributed by atoms with van der Waals surface area (Å²) >= 11 is 0. The minimum atomic E-state index is -1.89. The first-order valence-corrected chi connectivity index (χ1v) is 14.0. The SMILES string of the molecule is CC(=O)OC1C(OCC2OC(OC3=Cc4c(O)cc(O)cc4OC3c3cc(O)c(O)c(O)c3)C(O)C(O)C2O)OC(C)C(O)C1O. The molecule has 17 heteroatoms. The summed E-state index contributed by atoms with van der Waals surface area (Å²) < 4.78 is 33.8. The van der Waals surface area contributed by atoms with Crippen molar-refractivity contribution in [1.29, 1.82) is 0 Å². The Labute approximate surface area is 260 Å². The van der Waals surface area contributed by atoms with Crippen molar-refractivity contribution in [2.24, 2.45) is 0 Å². The van der Waals surface area contributed by atoms with E-state index in [2.05, 4.69) is 0 Å². The number of carbonyl (C=O) groups is 1. The number of aliphatic hydroxyl groups excluding tert-OH is 5. The summed E-state index contributed by atoms with van der Waals surface area (Å²) in [6.45, 7) is 1.93. The van der Waals surface area contributed by atoms with Gasteiger partial charge in [0, 0.05) is 24.6 Å². The van der Waals surface area contributed by atoms with Crippen LogP contribution in [-0.4, -0.2) is 125 Å².